The number of likely N-dealkylation sites (tertiary alicyclic amines) is 1. The van der Waals surface area contributed by atoms with Gasteiger partial charge in [-0.15, -0.1) is 0 Å². The molecule has 2 amide bonds. The zero-order valence-electron chi connectivity index (χ0n) is 9.49. The van der Waals surface area contributed by atoms with Gasteiger partial charge in [0.15, 0.2) is 0 Å². The first-order valence-electron chi connectivity index (χ1n) is 4.65. The number of rotatable bonds is 0. The van der Waals surface area contributed by atoms with E-state index in [0.29, 0.717) is 4.90 Å². The SMILES string of the molecule is C=C1C(=C)N(C(=O)OC(C)(C)C)C(=O)C1=O. The molecule has 5 nitrogen and oxygen atoms in total. The Kier molecular flexibility index (Phi) is 2.73. The highest BCUT2D eigenvalue weighted by atomic mass is 16.6. The fraction of sp³-hybridized carbons (Fsp3) is 0.364. The minimum Gasteiger partial charge on any atom is -0.443 e. The number of carbonyl (C=O) groups excluding carboxylic acids is 3. The first-order valence-corrected chi connectivity index (χ1v) is 4.65. The third-order valence-electron chi connectivity index (χ3n) is 1.87. The van der Waals surface area contributed by atoms with Gasteiger partial charge in [-0.1, -0.05) is 13.2 Å². The minimum absolute atomic E-state index is 0.0238. The van der Waals surface area contributed by atoms with Gasteiger partial charge in [-0.2, -0.15) is 0 Å². The van der Waals surface area contributed by atoms with Gasteiger partial charge >= 0.3 is 12.0 Å². The zero-order valence-corrected chi connectivity index (χ0v) is 9.49. The van der Waals surface area contributed by atoms with Crippen LogP contribution in [-0.4, -0.2) is 28.3 Å². The van der Waals surface area contributed by atoms with E-state index in [1.54, 1.807) is 20.8 Å². The fourth-order valence-electron chi connectivity index (χ4n) is 1.12. The summed E-state index contributed by atoms with van der Waals surface area (Å²) >= 11 is 0. The lowest BCUT2D eigenvalue weighted by atomic mass is 10.2. The summed E-state index contributed by atoms with van der Waals surface area (Å²) in [6.07, 6.45) is -0.908. The van der Waals surface area contributed by atoms with E-state index in [0.717, 1.165) is 0 Å². The predicted octanol–water partition coefficient (Wildman–Crippen LogP) is 1.40. The van der Waals surface area contributed by atoms with Crippen molar-refractivity contribution in [1.29, 1.82) is 0 Å². The molecule has 0 aromatic heterocycles. The van der Waals surface area contributed by atoms with Crippen molar-refractivity contribution in [1.82, 2.24) is 4.90 Å². The van der Waals surface area contributed by atoms with Crippen molar-refractivity contribution in [3.8, 4) is 0 Å². The van der Waals surface area contributed by atoms with Crippen molar-refractivity contribution in [3.63, 3.8) is 0 Å². The van der Waals surface area contributed by atoms with Crippen LogP contribution in [0.2, 0.25) is 0 Å². The van der Waals surface area contributed by atoms with E-state index >= 15 is 0 Å². The largest absolute Gasteiger partial charge is 0.443 e. The number of imide groups is 1. The lowest BCUT2D eigenvalue weighted by molar-refractivity contribution is -0.138. The topological polar surface area (TPSA) is 63.7 Å². The van der Waals surface area contributed by atoms with Gasteiger partial charge in [0.25, 0.3) is 5.78 Å². The van der Waals surface area contributed by atoms with Crippen LogP contribution in [0.4, 0.5) is 4.79 Å². The number of Topliss-reactive ketones (excluding diaryl/α,β-unsaturated/α-hetero) is 1. The lowest BCUT2D eigenvalue weighted by Gasteiger charge is -2.23. The molecular formula is C11H13NO4. The Hall–Kier alpha value is -1.91. The van der Waals surface area contributed by atoms with Gasteiger partial charge in [0.05, 0.1) is 5.70 Å². The summed E-state index contributed by atoms with van der Waals surface area (Å²) in [7, 11) is 0. The summed E-state index contributed by atoms with van der Waals surface area (Å²) in [5.41, 5.74) is -0.843. The number of hydrogen-bond donors (Lipinski definition) is 0. The summed E-state index contributed by atoms with van der Waals surface area (Å²) in [6.45, 7) is 11.8. The molecule has 0 aliphatic carbocycles. The molecule has 1 rings (SSSR count). The van der Waals surface area contributed by atoms with Gasteiger partial charge in [0, 0.05) is 5.57 Å². The van der Waals surface area contributed by atoms with Gasteiger partial charge in [-0.05, 0) is 20.8 Å². The second kappa shape index (κ2) is 3.59. The van der Waals surface area contributed by atoms with Crippen molar-refractivity contribution >= 4 is 17.8 Å². The second-order valence-electron chi connectivity index (χ2n) is 4.38. The summed E-state index contributed by atoms with van der Waals surface area (Å²) < 4.78 is 4.97. The van der Waals surface area contributed by atoms with Crippen LogP contribution in [0.5, 0.6) is 0 Å². The number of nitrogens with zero attached hydrogens (tertiary/aromatic N) is 1. The summed E-state index contributed by atoms with van der Waals surface area (Å²) in [6, 6.07) is 0. The Morgan fingerprint density at radius 2 is 1.75 bits per heavy atom. The number of allylic oxidation sites excluding steroid dienone is 1. The van der Waals surface area contributed by atoms with E-state index in [1.807, 2.05) is 0 Å². The molecule has 86 valence electrons. The lowest BCUT2D eigenvalue weighted by Crippen LogP contribution is -2.37. The normalized spacial score (nSPS) is 17.1. The van der Waals surface area contributed by atoms with Crippen molar-refractivity contribution in [3.05, 3.63) is 24.4 Å². The highest BCUT2D eigenvalue weighted by molar-refractivity contribution is 6.49. The Morgan fingerprint density at radius 1 is 1.25 bits per heavy atom. The number of ketones is 1. The van der Waals surface area contributed by atoms with Crippen LogP contribution >= 0.6 is 0 Å². The zero-order chi connectivity index (χ0) is 12.7. The van der Waals surface area contributed by atoms with E-state index in [4.69, 9.17) is 4.74 Å². The quantitative estimate of drug-likeness (QED) is 0.460. The molecule has 1 aliphatic heterocycles. The van der Waals surface area contributed by atoms with Crippen LogP contribution in [0.25, 0.3) is 0 Å². The van der Waals surface area contributed by atoms with Crippen LogP contribution in [0, 0.1) is 0 Å². The minimum atomic E-state index is -0.968. The van der Waals surface area contributed by atoms with Gasteiger partial charge in [-0.3, -0.25) is 9.59 Å². The molecule has 16 heavy (non-hydrogen) atoms. The van der Waals surface area contributed by atoms with E-state index in [9.17, 15) is 14.4 Å². The van der Waals surface area contributed by atoms with Gasteiger partial charge < -0.3 is 4.74 Å². The molecule has 1 heterocycles. The van der Waals surface area contributed by atoms with Crippen molar-refractivity contribution < 1.29 is 19.1 Å². The maximum atomic E-state index is 11.6. The number of ether oxygens (including phenoxy) is 1. The molecule has 5 heteroatoms. The van der Waals surface area contributed by atoms with Crippen LogP contribution in [-0.2, 0) is 14.3 Å². The molecule has 0 spiro atoms. The van der Waals surface area contributed by atoms with Crippen LogP contribution in [0.15, 0.2) is 24.4 Å². The molecule has 0 bridgehead atoms. The van der Waals surface area contributed by atoms with Gasteiger partial charge in [0.1, 0.15) is 5.60 Å². The van der Waals surface area contributed by atoms with Crippen molar-refractivity contribution in [2.24, 2.45) is 0 Å². The molecule has 1 fully saturated rings. The molecule has 0 saturated carbocycles. The third kappa shape index (κ3) is 2.03. The number of hydrogen-bond acceptors (Lipinski definition) is 4. The molecule has 0 aromatic rings. The molecule has 0 N–H and O–H groups in total. The maximum absolute atomic E-state index is 11.6. The Balaban J connectivity index is 2.94. The molecule has 0 unspecified atom stereocenters. The first-order chi connectivity index (χ1) is 7.15. The first kappa shape index (κ1) is 12.2. The third-order valence-corrected chi connectivity index (χ3v) is 1.87. The maximum Gasteiger partial charge on any atom is 0.422 e. The molecule has 0 aromatic carbocycles. The fourth-order valence-corrected chi connectivity index (χ4v) is 1.12. The van der Waals surface area contributed by atoms with E-state index in [1.165, 1.54) is 0 Å². The highest BCUT2D eigenvalue weighted by Crippen LogP contribution is 2.24. The van der Waals surface area contributed by atoms with Crippen LogP contribution in [0.3, 0.4) is 0 Å². The Bertz CT molecular complexity index is 388. The molecular weight excluding hydrogens is 210 g/mol. The Morgan fingerprint density at radius 3 is 2.06 bits per heavy atom. The summed E-state index contributed by atoms with van der Waals surface area (Å²) in [5, 5.41) is 0. The van der Waals surface area contributed by atoms with Crippen molar-refractivity contribution in [2.45, 2.75) is 26.4 Å². The highest BCUT2D eigenvalue weighted by Gasteiger charge is 2.42. The standard InChI is InChI=1S/C11H13NO4/c1-6-7(2)12(9(14)8(6)13)10(15)16-11(3,4)5/h1-2H2,3-5H3. The van der Waals surface area contributed by atoms with E-state index in [-0.39, 0.29) is 11.3 Å². The smallest absolute Gasteiger partial charge is 0.422 e. The second-order valence-corrected chi connectivity index (χ2v) is 4.38. The number of carbonyl (C=O) groups is 3. The van der Waals surface area contributed by atoms with E-state index in [2.05, 4.69) is 13.2 Å². The van der Waals surface area contributed by atoms with Crippen LogP contribution in [0.1, 0.15) is 20.8 Å². The van der Waals surface area contributed by atoms with Crippen LogP contribution < -0.4 is 0 Å². The summed E-state index contributed by atoms with van der Waals surface area (Å²) in [4.78, 5) is 34.9. The van der Waals surface area contributed by atoms with Gasteiger partial charge in [0.2, 0.25) is 0 Å². The van der Waals surface area contributed by atoms with Crippen molar-refractivity contribution in [2.75, 3.05) is 0 Å². The Labute approximate surface area is 93.4 Å². The van der Waals surface area contributed by atoms with E-state index < -0.39 is 23.4 Å². The molecule has 0 radical (unpaired) electrons. The average Bonchev–Trinajstić information content (AvgIpc) is 2.28. The predicted molar refractivity (Wildman–Crippen MR) is 56.4 cm³/mol. The summed E-state index contributed by atoms with van der Waals surface area (Å²) in [5.74, 6) is -1.79. The monoisotopic (exact) mass is 223 g/mol. The molecule has 1 aliphatic rings. The number of amides is 2. The van der Waals surface area contributed by atoms with Gasteiger partial charge in [-0.25, -0.2) is 9.69 Å². The molecule has 1 saturated heterocycles. The molecule has 0 atom stereocenters. The average molecular weight is 223 g/mol.